The summed E-state index contributed by atoms with van der Waals surface area (Å²) in [6.07, 6.45) is 8.31. The fourth-order valence-electron chi connectivity index (χ4n) is 3.23. The van der Waals surface area contributed by atoms with Crippen molar-refractivity contribution in [1.29, 1.82) is 0 Å². The van der Waals surface area contributed by atoms with E-state index in [2.05, 4.69) is 41.0 Å². The number of anilines is 1. The van der Waals surface area contributed by atoms with E-state index in [0.29, 0.717) is 12.8 Å². The Morgan fingerprint density at radius 3 is 2.72 bits per heavy atom. The number of rotatable bonds is 7. The molecule has 0 amide bonds. The molecule has 138 valence electrons. The van der Waals surface area contributed by atoms with Crippen LogP contribution in [-0.4, -0.2) is 35.3 Å². The average molecular weight is 381 g/mol. The van der Waals surface area contributed by atoms with E-state index in [1.165, 1.54) is 32.1 Å². The molecular formula is C18H29ClN4OSi. The number of hydrogen-bond acceptors (Lipinski definition) is 4. The third kappa shape index (κ3) is 5.18. The van der Waals surface area contributed by atoms with E-state index in [-0.39, 0.29) is 5.28 Å². The fourth-order valence-corrected chi connectivity index (χ4v) is 4.16. The maximum Gasteiger partial charge on any atom is 0.226 e. The lowest BCUT2D eigenvalue weighted by Gasteiger charge is -2.23. The number of nitrogens with zero attached hydrogens (tertiary/aromatic N) is 3. The van der Waals surface area contributed by atoms with Crippen LogP contribution in [0, 0.1) is 0 Å². The normalized spacial score (nSPS) is 16.5. The highest BCUT2D eigenvalue weighted by Crippen LogP contribution is 2.27. The lowest BCUT2D eigenvalue weighted by molar-refractivity contribution is 0.0899. The van der Waals surface area contributed by atoms with Gasteiger partial charge in [0.15, 0.2) is 0 Å². The van der Waals surface area contributed by atoms with E-state index in [9.17, 15) is 0 Å². The summed E-state index contributed by atoms with van der Waals surface area (Å²) in [5.74, 6) is 0.850. The summed E-state index contributed by atoms with van der Waals surface area (Å²) in [4.78, 5) is 8.85. The maximum absolute atomic E-state index is 6.18. The lowest BCUT2D eigenvalue weighted by Crippen LogP contribution is -2.23. The molecule has 0 atom stereocenters. The first-order chi connectivity index (χ1) is 11.9. The van der Waals surface area contributed by atoms with Gasteiger partial charge in [-0.2, -0.15) is 4.98 Å². The van der Waals surface area contributed by atoms with Gasteiger partial charge in [0.05, 0.1) is 5.39 Å². The van der Waals surface area contributed by atoms with E-state index in [1.54, 1.807) is 0 Å². The third-order valence-corrected chi connectivity index (χ3v) is 6.64. The monoisotopic (exact) mass is 380 g/mol. The van der Waals surface area contributed by atoms with Gasteiger partial charge in [0.1, 0.15) is 18.2 Å². The second-order valence-electron chi connectivity index (χ2n) is 8.19. The molecule has 0 saturated heterocycles. The molecule has 0 aromatic carbocycles. The van der Waals surface area contributed by atoms with Crippen LogP contribution in [0.2, 0.25) is 31.0 Å². The van der Waals surface area contributed by atoms with Crippen LogP contribution in [0.4, 0.5) is 5.82 Å². The number of nitrogens with one attached hydrogen (secondary N) is 1. The summed E-state index contributed by atoms with van der Waals surface area (Å²) >= 11 is 6.18. The van der Waals surface area contributed by atoms with Crippen molar-refractivity contribution in [3.05, 3.63) is 17.5 Å². The number of hydrogen-bond donors (Lipinski definition) is 1. The molecule has 1 fully saturated rings. The van der Waals surface area contributed by atoms with Gasteiger partial charge in [0, 0.05) is 26.9 Å². The van der Waals surface area contributed by atoms with Crippen LogP contribution in [0.5, 0.6) is 0 Å². The quantitative estimate of drug-likeness (QED) is 0.410. The Balaban J connectivity index is 1.71. The largest absolute Gasteiger partial charge is 0.367 e. The van der Waals surface area contributed by atoms with Gasteiger partial charge < -0.3 is 14.6 Å². The smallest absolute Gasteiger partial charge is 0.226 e. The van der Waals surface area contributed by atoms with Crippen molar-refractivity contribution in [2.45, 2.75) is 70.6 Å². The first kappa shape index (κ1) is 18.7. The summed E-state index contributed by atoms with van der Waals surface area (Å²) in [6.45, 7) is 8.37. The Bertz CT molecular complexity index is 707. The summed E-state index contributed by atoms with van der Waals surface area (Å²) in [6, 6.07) is 3.70. The van der Waals surface area contributed by atoms with E-state index in [1.807, 2.05) is 10.8 Å². The van der Waals surface area contributed by atoms with Crippen LogP contribution in [0.1, 0.15) is 32.1 Å². The van der Waals surface area contributed by atoms with Crippen LogP contribution in [0.25, 0.3) is 11.0 Å². The van der Waals surface area contributed by atoms with Gasteiger partial charge >= 0.3 is 0 Å². The summed E-state index contributed by atoms with van der Waals surface area (Å²) in [5.41, 5.74) is 0.839. The molecule has 0 bridgehead atoms. The highest BCUT2D eigenvalue weighted by molar-refractivity contribution is 6.76. The zero-order chi connectivity index (χ0) is 17.9. The number of ether oxygens (including phenoxy) is 1. The van der Waals surface area contributed by atoms with E-state index in [0.717, 1.165) is 29.5 Å². The number of fused-ring (bicyclic) bond motifs is 1. The van der Waals surface area contributed by atoms with Gasteiger partial charge in [-0.25, -0.2) is 4.98 Å². The maximum atomic E-state index is 6.18. The van der Waals surface area contributed by atoms with Crippen LogP contribution in [0.3, 0.4) is 0 Å². The SMILES string of the molecule is C[Si](C)(C)CCOCn1ccc2c(NC3CCCCC3)nc(Cl)nc21. The van der Waals surface area contributed by atoms with Crippen LogP contribution >= 0.6 is 11.6 Å². The van der Waals surface area contributed by atoms with Gasteiger partial charge in [-0.05, 0) is 36.6 Å². The van der Waals surface area contributed by atoms with Gasteiger partial charge in [0.2, 0.25) is 5.28 Å². The van der Waals surface area contributed by atoms with Crippen LogP contribution in [0.15, 0.2) is 12.3 Å². The number of aromatic nitrogens is 3. The molecular weight excluding hydrogens is 352 g/mol. The van der Waals surface area contributed by atoms with Crippen molar-refractivity contribution >= 4 is 36.5 Å². The Morgan fingerprint density at radius 2 is 2.00 bits per heavy atom. The van der Waals surface area contributed by atoms with Gasteiger partial charge in [-0.15, -0.1) is 0 Å². The van der Waals surface area contributed by atoms with Crippen molar-refractivity contribution in [2.75, 3.05) is 11.9 Å². The van der Waals surface area contributed by atoms with Gasteiger partial charge in [-0.3, -0.25) is 0 Å². The molecule has 1 N–H and O–H groups in total. The van der Waals surface area contributed by atoms with Crippen molar-refractivity contribution in [3.63, 3.8) is 0 Å². The minimum atomic E-state index is -1.07. The van der Waals surface area contributed by atoms with Gasteiger partial charge in [-0.1, -0.05) is 38.9 Å². The van der Waals surface area contributed by atoms with Crippen molar-refractivity contribution in [3.8, 4) is 0 Å². The molecule has 1 saturated carbocycles. The third-order valence-electron chi connectivity index (χ3n) is 4.76. The highest BCUT2D eigenvalue weighted by Gasteiger charge is 2.17. The minimum absolute atomic E-state index is 0.285. The topological polar surface area (TPSA) is 52.0 Å². The molecule has 0 spiro atoms. The average Bonchev–Trinajstić information content (AvgIpc) is 2.95. The lowest BCUT2D eigenvalue weighted by atomic mass is 9.95. The Hall–Kier alpha value is -1.11. The summed E-state index contributed by atoms with van der Waals surface area (Å²) in [7, 11) is -1.07. The van der Waals surface area contributed by atoms with Crippen molar-refractivity contribution in [1.82, 2.24) is 14.5 Å². The molecule has 3 rings (SSSR count). The Kier molecular flexibility index (Phi) is 6.02. The minimum Gasteiger partial charge on any atom is -0.367 e. The molecule has 0 aliphatic heterocycles. The second kappa shape index (κ2) is 8.06. The molecule has 0 unspecified atom stereocenters. The molecule has 2 aromatic heterocycles. The molecule has 25 heavy (non-hydrogen) atoms. The predicted octanol–water partition coefficient (Wildman–Crippen LogP) is 5.14. The predicted molar refractivity (Wildman–Crippen MR) is 107 cm³/mol. The van der Waals surface area contributed by atoms with Crippen LogP contribution in [-0.2, 0) is 11.5 Å². The molecule has 5 nitrogen and oxygen atoms in total. The Labute approximate surface area is 156 Å². The van der Waals surface area contributed by atoms with Gasteiger partial charge in [0.25, 0.3) is 0 Å². The molecule has 1 aliphatic rings. The van der Waals surface area contributed by atoms with E-state index < -0.39 is 8.07 Å². The van der Waals surface area contributed by atoms with E-state index >= 15 is 0 Å². The zero-order valence-corrected chi connectivity index (χ0v) is 17.3. The first-order valence-electron chi connectivity index (χ1n) is 9.29. The second-order valence-corrected chi connectivity index (χ2v) is 14.2. The summed E-state index contributed by atoms with van der Waals surface area (Å²) < 4.78 is 7.88. The zero-order valence-electron chi connectivity index (χ0n) is 15.5. The highest BCUT2D eigenvalue weighted by atomic mass is 35.5. The van der Waals surface area contributed by atoms with Crippen molar-refractivity contribution in [2.24, 2.45) is 0 Å². The molecule has 7 heteroatoms. The Morgan fingerprint density at radius 1 is 1.24 bits per heavy atom. The fraction of sp³-hybridized carbons (Fsp3) is 0.667. The molecule has 1 aliphatic carbocycles. The van der Waals surface area contributed by atoms with E-state index in [4.69, 9.17) is 16.3 Å². The first-order valence-corrected chi connectivity index (χ1v) is 13.4. The summed E-state index contributed by atoms with van der Waals surface area (Å²) in [5, 5.41) is 4.88. The molecule has 2 aromatic rings. The number of halogens is 1. The molecule has 2 heterocycles. The van der Waals surface area contributed by atoms with Crippen LogP contribution < -0.4 is 5.32 Å². The van der Waals surface area contributed by atoms with Crippen molar-refractivity contribution < 1.29 is 4.74 Å². The molecule has 0 radical (unpaired) electrons. The standard InChI is InChI=1S/C18H29ClN4OSi/c1-25(2,3)12-11-24-13-23-10-9-15-16(21-18(19)22-17(15)23)20-14-7-5-4-6-8-14/h9-10,14H,4-8,11-13H2,1-3H3,(H,20,21,22).